The Kier molecular flexibility index (Phi) is 2.68. The topological polar surface area (TPSA) is 9.23 Å². The Morgan fingerprint density at radius 3 is 3.00 bits per heavy atom. The van der Waals surface area contributed by atoms with Crippen molar-refractivity contribution in [1.29, 1.82) is 0 Å². The summed E-state index contributed by atoms with van der Waals surface area (Å²) < 4.78 is 5.55. The van der Waals surface area contributed by atoms with Crippen LogP contribution in [0.5, 0.6) is 5.75 Å². The van der Waals surface area contributed by atoms with E-state index in [1.165, 1.54) is 10.8 Å². The van der Waals surface area contributed by atoms with Crippen molar-refractivity contribution in [2.24, 2.45) is 0 Å². The number of fused-ring (bicyclic) bond motifs is 1. The third kappa shape index (κ3) is 1.87. The molecule has 2 aromatic rings. The maximum atomic E-state index is 5.55. The van der Waals surface area contributed by atoms with Crippen molar-refractivity contribution in [3.8, 4) is 5.75 Å². The number of ether oxygens (including phenoxy) is 1. The molecule has 0 heterocycles. The van der Waals surface area contributed by atoms with Crippen molar-refractivity contribution in [1.82, 2.24) is 0 Å². The average molecular weight is 185 g/mol. The van der Waals surface area contributed by atoms with Crippen molar-refractivity contribution in [3.05, 3.63) is 42.5 Å². The zero-order valence-electron chi connectivity index (χ0n) is 8.29. The molecule has 2 rings (SSSR count). The van der Waals surface area contributed by atoms with Crippen LogP contribution in [0, 0.1) is 6.07 Å². The van der Waals surface area contributed by atoms with E-state index < -0.39 is 0 Å². The fraction of sp³-hybridized carbons (Fsp3) is 0.231. The second kappa shape index (κ2) is 4.14. The molecule has 0 N–H and O–H groups in total. The predicted octanol–water partition coefficient (Wildman–Crippen LogP) is 3.43. The van der Waals surface area contributed by atoms with Gasteiger partial charge in [-0.15, -0.1) is 0 Å². The fourth-order valence-electron chi connectivity index (χ4n) is 1.42. The van der Waals surface area contributed by atoms with Crippen LogP contribution in [0.2, 0.25) is 0 Å². The second-order valence-corrected chi connectivity index (χ2v) is 3.28. The molecule has 1 heteroatoms. The highest BCUT2D eigenvalue weighted by molar-refractivity contribution is 5.83. The summed E-state index contributed by atoms with van der Waals surface area (Å²) >= 11 is 0. The van der Waals surface area contributed by atoms with Crippen molar-refractivity contribution in [3.63, 3.8) is 0 Å². The van der Waals surface area contributed by atoms with Crippen molar-refractivity contribution in [2.75, 3.05) is 6.61 Å². The summed E-state index contributed by atoms with van der Waals surface area (Å²) in [5, 5.41) is 2.41. The van der Waals surface area contributed by atoms with E-state index in [0.717, 1.165) is 18.8 Å². The molecular weight excluding hydrogens is 172 g/mol. The lowest BCUT2D eigenvalue weighted by Crippen LogP contribution is -1.94. The molecule has 0 aromatic heterocycles. The lowest BCUT2D eigenvalue weighted by molar-refractivity contribution is 0.318. The Morgan fingerprint density at radius 2 is 2.14 bits per heavy atom. The molecule has 0 bridgehead atoms. The molecule has 0 fully saturated rings. The van der Waals surface area contributed by atoms with Gasteiger partial charge in [0.1, 0.15) is 5.75 Å². The molecular formula is C13H13O. The minimum atomic E-state index is 0.780. The maximum Gasteiger partial charge on any atom is 0.119 e. The van der Waals surface area contributed by atoms with E-state index in [2.05, 4.69) is 31.2 Å². The zero-order chi connectivity index (χ0) is 9.80. The van der Waals surface area contributed by atoms with Gasteiger partial charge in [0, 0.05) is 0 Å². The summed E-state index contributed by atoms with van der Waals surface area (Å²) in [4.78, 5) is 0. The number of benzene rings is 2. The number of hydrogen-bond acceptors (Lipinski definition) is 1. The normalized spacial score (nSPS) is 10.4. The molecule has 71 valence electrons. The number of hydrogen-bond donors (Lipinski definition) is 0. The SMILES string of the molecule is CCCOc1ccc2cc[c]cc2c1. The summed E-state index contributed by atoms with van der Waals surface area (Å²) in [5.74, 6) is 0.943. The summed E-state index contributed by atoms with van der Waals surface area (Å²) in [6, 6.07) is 15.2. The van der Waals surface area contributed by atoms with Crippen LogP contribution in [-0.2, 0) is 0 Å². The van der Waals surface area contributed by atoms with Gasteiger partial charge in [-0.25, -0.2) is 0 Å². The van der Waals surface area contributed by atoms with Crippen LogP contribution in [0.15, 0.2) is 36.4 Å². The van der Waals surface area contributed by atoms with Gasteiger partial charge in [0.2, 0.25) is 0 Å². The Balaban J connectivity index is 2.32. The van der Waals surface area contributed by atoms with Crippen molar-refractivity contribution < 1.29 is 4.74 Å². The lowest BCUT2D eigenvalue weighted by atomic mass is 10.1. The molecule has 0 amide bonds. The summed E-state index contributed by atoms with van der Waals surface area (Å²) in [6.45, 7) is 2.89. The van der Waals surface area contributed by atoms with E-state index in [0.29, 0.717) is 0 Å². The van der Waals surface area contributed by atoms with E-state index in [1.54, 1.807) is 0 Å². The first-order chi connectivity index (χ1) is 6.90. The molecule has 0 aliphatic carbocycles. The quantitative estimate of drug-likeness (QED) is 0.711. The Hall–Kier alpha value is -1.50. The van der Waals surface area contributed by atoms with Gasteiger partial charge in [0.15, 0.2) is 0 Å². The Bertz CT molecular complexity index is 420. The van der Waals surface area contributed by atoms with Crippen LogP contribution < -0.4 is 4.74 Å². The largest absolute Gasteiger partial charge is 0.494 e. The third-order valence-corrected chi connectivity index (χ3v) is 2.13. The highest BCUT2D eigenvalue weighted by Crippen LogP contribution is 2.20. The van der Waals surface area contributed by atoms with E-state index in [1.807, 2.05) is 18.2 Å². The van der Waals surface area contributed by atoms with Crippen LogP contribution in [0.4, 0.5) is 0 Å². The van der Waals surface area contributed by atoms with E-state index in [4.69, 9.17) is 4.74 Å². The van der Waals surface area contributed by atoms with Crippen molar-refractivity contribution in [2.45, 2.75) is 13.3 Å². The van der Waals surface area contributed by atoms with Gasteiger partial charge in [0.05, 0.1) is 6.61 Å². The molecule has 1 radical (unpaired) electrons. The van der Waals surface area contributed by atoms with Gasteiger partial charge in [0.25, 0.3) is 0 Å². The summed E-state index contributed by atoms with van der Waals surface area (Å²) in [7, 11) is 0. The minimum Gasteiger partial charge on any atom is -0.494 e. The molecule has 0 aliphatic rings. The van der Waals surface area contributed by atoms with Crippen LogP contribution >= 0.6 is 0 Å². The van der Waals surface area contributed by atoms with Crippen LogP contribution in [0.1, 0.15) is 13.3 Å². The predicted molar refractivity (Wildman–Crippen MR) is 58.6 cm³/mol. The molecule has 0 saturated carbocycles. The van der Waals surface area contributed by atoms with Crippen LogP contribution in [0.25, 0.3) is 10.8 Å². The van der Waals surface area contributed by atoms with Gasteiger partial charge >= 0.3 is 0 Å². The first-order valence-corrected chi connectivity index (χ1v) is 4.93. The van der Waals surface area contributed by atoms with Crippen LogP contribution in [-0.4, -0.2) is 6.61 Å². The monoisotopic (exact) mass is 185 g/mol. The minimum absolute atomic E-state index is 0.780. The second-order valence-electron chi connectivity index (χ2n) is 3.28. The smallest absolute Gasteiger partial charge is 0.119 e. The van der Waals surface area contributed by atoms with Gasteiger partial charge in [-0.2, -0.15) is 0 Å². The highest BCUT2D eigenvalue weighted by Gasteiger charge is 1.95. The molecule has 14 heavy (non-hydrogen) atoms. The molecule has 2 aromatic carbocycles. The first kappa shape index (κ1) is 9.07. The van der Waals surface area contributed by atoms with Gasteiger partial charge in [-0.1, -0.05) is 25.1 Å². The van der Waals surface area contributed by atoms with Gasteiger partial charge in [-0.05, 0) is 41.5 Å². The maximum absolute atomic E-state index is 5.55. The van der Waals surface area contributed by atoms with E-state index in [9.17, 15) is 0 Å². The van der Waals surface area contributed by atoms with Gasteiger partial charge in [-0.3, -0.25) is 0 Å². The fourth-order valence-corrected chi connectivity index (χ4v) is 1.42. The Labute approximate surface area is 84.3 Å². The van der Waals surface area contributed by atoms with Gasteiger partial charge < -0.3 is 4.74 Å². The average Bonchev–Trinajstić information content (AvgIpc) is 2.26. The molecule has 0 spiro atoms. The summed E-state index contributed by atoms with van der Waals surface area (Å²) in [5.41, 5.74) is 0. The third-order valence-electron chi connectivity index (χ3n) is 2.13. The van der Waals surface area contributed by atoms with E-state index in [-0.39, 0.29) is 0 Å². The highest BCUT2D eigenvalue weighted by atomic mass is 16.5. The molecule has 0 atom stereocenters. The molecule has 0 unspecified atom stereocenters. The molecule has 0 saturated heterocycles. The standard InChI is InChI=1S/C13H13O/c1-2-9-14-13-8-7-11-5-3-4-6-12(11)10-13/h3,5-8,10H,2,9H2,1H3. The first-order valence-electron chi connectivity index (χ1n) is 4.93. The zero-order valence-corrected chi connectivity index (χ0v) is 8.29. The molecule has 0 aliphatic heterocycles. The number of rotatable bonds is 3. The molecule has 1 nitrogen and oxygen atoms in total. The Morgan fingerprint density at radius 1 is 1.21 bits per heavy atom. The summed E-state index contributed by atoms with van der Waals surface area (Å²) in [6.07, 6.45) is 1.04. The van der Waals surface area contributed by atoms with E-state index >= 15 is 0 Å². The lowest BCUT2D eigenvalue weighted by Gasteiger charge is -2.05. The van der Waals surface area contributed by atoms with Crippen molar-refractivity contribution >= 4 is 10.8 Å². The van der Waals surface area contributed by atoms with Crippen LogP contribution in [0.3, 0.4) is 0 Å².